The second kappa shape index (κ2) is 5.95. The molecule has 1 amide bonds. The van der Waals surface area contributed by atoms with Gasteiger partial charge in [-0.2, -0.15) is 0 Å². The second-order valence-corrected chi connectivity index (χ2v) is 5.18. The molecular formula is C17H21NO2. The van der Waals surface area contributed by atoms with E-state index in [4.69, 9.17) is 4.74 Å². The van der Waals surface area contributed by atoms with Gasteiger partial charge in [0.25, 0.3) is 0 Å². The van der Waals surface area contributed by atoms with Crippen LogP contribution >= 0.6 is 0 Å². The fourth-order valence-electron chi connectivity index (χ4n) is 2.48. The highest BCUT2D eigenvalue weighted by Gasteiger charge is 2.12. The molecule has 0 spiro atoms. The SMILES string of the molecule is CCc1cccc2cc(OC(=O)NC)cc(C(C)C)c12. The van der Waals surface area contributed by atoms with Crippen molar-refractivity contribution in [1.29, 1.82) is 0 Å². The summed E-state index contributed by atoms with van der Waals surface area (Å²) in [6.45, 7) is 6.48. The van der Waals surface area contributed by atoms with E-state index in [0.29, 0.717) is 11.7 Å². The van der Waals surface area contributed by atoms with Crippen molar-refractivity contribution >= 4 is 16.9 Å². The fourth-order valence-corrected chi connectivity index (χ4v) is 2.48. The summed E-state index contributed by atoms with van der Waals surface area (Å²) in [5, 5.41) is 4.88. The minimum atomic E-state index is -0.439. The fraction of sp³-hybridized carbons (Fsp3) is 0.353. The number of carbonyl (C=O) groups excluding carboxylic acids is 1. The second-order valence-electron chi connectivity index (χ2n) is 5.18. The Morgan fingerprint density at radius 1 is 1.30 bits per heavy atom. The number of aryl methyl sites for hydroxylation is 1. The Balaban J connectivity index is 2.64. The van der Waals surface area contributed by atoms with E-state index >= 15 is 0 Å². The minimum absolute atomic E-state index is 0.374. The molecule has 0 aliphatic rings. The van der Waals surface area contributed by atoms with Gasteiger partial charge in [0, 0.05) is 7.05 Å². The highest BCUT2D eigenvalue weighted by Crippen LogP contribution is 2.33. The number of hydrogen-bond donors (Lipinski definition) is 1. The molecule has 0 atom stereocenters. The summed E-state index contributed by atoms with van der Waals surface area (Å²) < 4.78 is 5.29. The number of ether oxygens (including phenoxy) is 1. The summed E-state index contributed by atoms with van der Waals surface area (Å²) in [5.41, 5.74) is 2.55. The minimum Gasteiger partial charge on any atom is -0.410 e. The molecule has 0 heterocycles. The molecule has 3 nitrogen and oxygen atoms in total. The predicted octanol–water partition coefficient (Wildman–Crippen LogP) is 4.24. The van der Waals surface area contributed by atoms with Crippen molar-refractivity contribution in [3.63, 3.8) is 0 Å². The number of hydrogen-bond acceptors (Lipinski definition) is 2. The van der Waals surface area contributed by atoms with Crippen molar-refractivity contribution in [3.8, 4) is 5.75 Å². The van der Waals surface area contributed by atoms with E-state index < -0.39 is 6.09 Å². The molecule has 0 saturated carbocycles. The number of rotatable bonds is 3. The normalized spacial score (nSPS) is 10.8. The van der Waals surface area contributed by atoms with Gasteiger partial charge in [0.2, 0.25) is 0 Å². The summed E-state index contributed by atoms with van der Waals surface area (Å²) in [5.74, 6) is 0.965. The monoisotopic (exact) mass is 271 g/mol. The van der Waals surface area contributed by atoms with E-state index in [-0.39, 0.29) is 0 Å². The van der Waals surface area contributed by atoms with Crippen molar-refractivity contribution < 1.29 is 9.53 Å². The summed E-state index contributed by atoms with van der Waals surface area (Å²) in [4.78, 5) is 11.4. The zero-order valence-electron chi connectivity index (χ0n) is 12.5. The molecular weight excluding hydrogens is 250 g/mol. The highest BCUT2D eigenvalue weighted by molar-refractivity contribution is 5.91. The Morgan fingerprint density at radius 2 is 2.05 bits per heavy atom. The molecule has 0 aromatic heterocycles. The maximum Gasteiger partial charge on any atom is 0.412 e. The number of benzene rings is 2. The van der Waals surface area contributed by atoms with Crippen molar-refractivity contribution in [1.82, 2.24) is 5.32 Å². The standard InChI is InChI=1S/C17H21NO2/c1-5-12-7-6-8-13-9-14(20-17(19)18-4)10-15(11(2)3)16(12)13/h6-11H,5H2,1-4H3,(H,18,19). The molecule has 0 saturated heterocycles. The van der Waals surface area contributed by atoms with Gasteiger partial charge >= 0.3 is 6.09 Å². The molecule has 2 aromatic carbocycles. The number of nitrogens with one attached hydrogen (secondary N) is 1. The molecule has 0 fully saturated rings. The molecule has 0 aliphatic heterocycles. The van der Waals surface area contributed by atoms with Crippen LogP contribution in [0.5, 0.6) is 5.75 Å². The van der Waals surface area contributed by atoms with Gasteiger partial charge in [0.05, 0.1) is 0 Å². The lowest BCUT2D eigenvalue weighted by Crippen LogP contribution is -2.22. The van der Waals surface area contributed by atoms with Crippen LogP contribution in [-0.2, 0) is 6.42 Å². The van der Waals surface area contributed by atoms with Crippen LogP contribution in [0.1, 0.15) is 37.8 Å². The van der Waals surface area contributed by atoms with E-state index in [2.05, 4.69) is 44.3 Å². The zero-order chi connectivity index (χ0) is 14.7. The Hall–Kier alpha value is -2.03. The molecule has 1 N–H and O–H groups in total. The van der Waals surface area contributed by atoms with E-state index in [1.165, 1.54) is 16.5 Å². The first kappa shape index (κ1) is 14.4. The summed E-state index contributed by atoms with van der Waals surface area (Å²) in [6.07, 6.45) is 0.554. The molecule has 20 heavy (non-hydrogen) atoms. The van der Waals surface area contributed by atoms with Crippen LogP contribution in [-0.4, -0.2) is 13.1 Å². The lowest BCUT2D eigenvalue weighted by atomic mass is 9.91. The van der Waals surface area contributed by atoms with Crippen molar-refractivity contribution in [2.24, 2.45) is 0 Å². The number of amides is 1. The first-order valence-electron chi connectivity index (χ1n) is 7.02. The topological polar surface area (TPSA) is 38.3 Å². The molecule has 3 heteroatoms. The van der Waals surface area contributed by atoms with Gasteiger partial charge in [0.15, 0.2) is 0 Å². The number of carbonyl (C=O) groups is 1. The quantitative estimate of drug-likeness (QED) is 0.906. The van der Waals surface area contributed by atoms with Gasteiger partial charge in [-0.15, -0.1) is 0 Å². The lowest BCUT2D eigenvalue weighted by Gasteiger charge is -2.15. The molecule has 0 radical (unpaired) electrons. The smallest absolute Gasteiger partial charge is 0.410 e. The maximum atomic E-state index is 11.4. The van der Waals surface area contributed by atoms with Crippen LogP contribution in [0.15, 0.2) is 30.3 Å². The van der Waals surface area contributed by atoms with Crippen molar-refractivity contribution in [3.05, 3.63) is 41.5 Å². The van der Waals surface area contributed by atoms with Crippen molar-refractivity contribution in [2.75, 3.05) is 7.05 Å². The van der Waals surface area contributed by atoms with Crippen LogP contribution < -0.4 is 10.1 Å². The predicted molar refractivity (Wildman–Crippen MR) is 82.5 cm³/mol. The average Bonchev–Trinajstić information content (AvgIpc) is 2.45. The Bertz CT molecular complexity index is 632. The van der Waals surface area contributed by atoms with Crippen molar-refractivity contribution in [2.45, 2.75) is 33.1 Å². The Morgan fingerprint density at radius 3 is 2.65 bits per heavy atom. The summed E-state index contributed by atoms with van der Waals surface area (Å²) in [6, 6.07) is 10.2. The summed E-state index contributed by atoms with van der Waals surface area (Å²) in [7, 11) is 1.56. The zero-order valence-corrected chi connectivity index (χ0v) is 12.5. The largest absolute Gasteiger partial charge is 0.412 e. The first-order valence-corrected chi connectivity index (χ1v) is 7.02. The van der Waals surface area contributed by atoms with E-state index in [0.717, 1.165) is 11.8 Å². The first-order chi connectivity index (χ1) is 9.56. The van der Waals surface area contributed by atoms with E-state index in [1.807, 2.05) is 12.1 Å². The van der Waals surface area contributed by atoms with Crippen LogP contribution in [0.4, 0.5) is 4.79 Å². The lowest BCUT2D eigenvalue weighted by molar-refractivity contribution is 0.203. The van der Waals surface area contributed by atoms with Crippen LogP contribution in [0.2, 0.25) is 0 Å². The molecule has 2 aromatic rings. The maximum absolute atomic E-state index is 11.4. The third-order valence-corrected chi connectivity index (χ3v) is 3.48. The molecule has 2 rings (SSSR count). The van der Waals surface area contributed by atoms with Crippen LogP contribution in [0.25, 0.3) is 10.8 Å². The third kappa shape index (κ3) is 2.77. The molecule has 0 bridgehead atoms. The Labute approximate surface area is 119 Å². The van der Waals surface area contributed by atoms with Gasteiger partial charge in [-0.25, -0.2) is 4.79 Å². The van der Waals surface area contributed by atoms with Gasteiger partial charge in [-0.1, -0.05) is 39.0 Å². The molecule has 106 valence electrons. The van der Waals surface area contributed by atoms with Crippen LogP contribution in [0.3, 0.4) is 0 Å². The number of fused-ring (bicyclic) bond motifs is 1. The van der Waals surface area contributed by atoms with E-state index in [9.17, 15) is 4.79 Å². The third-order valence-electron chi connectivity index (χ3n) is 3.48. The average molecular weight is 271 g/mol. The van der Waals surface area contributed by atoms with Gasteiger partial charge in [0.1, 0.15) is 5.75 Å². The Kier molecular flexibility index (Phi) is 4.28. The summed E-state index contributed by atoms with van der Waals surface area (Å²) >= 11 is 0. The molecule has 0 aliphatic carbocycles. The van der Waals surface area contributed by atoms with E-state index in [1.54, 1.807) is 7.05 Å². The van der Waals surface area contributed by atoms with Gasteiger partial charge in [-0.05, 0) is 46.4 Å². The molecule has 0 unspecified atom stereocenters. The van der Waals surface area contributed by atoms with Crippen LogP contribution in [0, 0.1) is 0 Å². The van der Waals surface area contributed by atoms with Gasteiger partial charge in [-0.3, -0.25) is 0 Å². The highest BCUT2D eigenvalue weighted by atomic mass is 16.5. The van der Waals surface area contributed by atoms with Gasteiger partial charge < -0.3 is 10.1 Å².